The first kappa shape index (κ1) is 17.2. The van der Waals surface area contributed by atoms with E-state index in [0.29, 0.717) is 24.7 Å². The van der Waals surface area contributed by atoms with Crippen molar-refractivity contribution >= 4 is 5.97 Å². The second-order valence-corrected chi connectivity index (χ2v) is 5.94. The third kappa shape index (κ3) is 6.06. The zero-order valence-corrected chi connectivity index (χ0v) is 13.1. The lowest BCUT2D eigenvalue weighted by atomic mass is 9.94. The summed E-state index contributed by atoms with van der Waals surface area (Å²) in [5, 5.41) is 0. The van der Waals surface area contributed by atoms with Gasteiger partial charge in [0.05, 0.1) is 13.2 Å². The molecule has 0 amide bonds. The topological polar surface area (TPSA) is 44.8 Å². The van der Waals surface area contributed by atoms with Crippen molar-refractivity contribution in [2.75, 3.05) is 19.8 Å². The lowest BCUT2D eigenvalue weighted by Gasteiger charge is -2.37. The van der Waals surface area contributed by atoms with E-state index in [4.69, 9.17) is 14.2 Å². The minimum atomic E-state index is -0.474. The van der Waals surface area contributed by atoms with Crippen molar-refractivity contribution in [3.63, 3.8) is 0 Å². The Bertz CT molecular complexity index is 316. The van der Waals surface area contributed by atoms with E-state index in [9.17, 15) is 4.79 Å². The molecule has 0 aliphatic heterocycles. The van der Waals surface area contributed by atoms with Gasteiger partial charge >= 0.3 is 5.97 Å². The molecule has 0 unspecified atom stereocenters. The number of ether oxygens (including phenoxy) is 3. The fraction of sp³-hybridized carbons (Fsp3) is 0.812. The summed E-state index contributed by atoms with van der Waals surface area (Å²) in [6.07, 6.45) is 5.34. The van der Waals surface area contributed by atoms with Crippen LogP contribution in [0.3, 0.4) is 0 Å². The molecule has 1 aliphatic carbocycles. The Morgan fingerprint density at radius 2 is 1.80 bits per heavy atom. The van der Waals surface area contributed by atoms with Crippen LogP contribution in [0.5, 0.6) is 0 Å². The van der Waals surface area contributed by atoms with Crippen LogP contribution in [0.1, 0.15) is 52.9 Å². The highest BCUT2D eigenvalue weighted by Crippen LogP contribution is 2.33. The molecule has 1 rings (SSSR count). The predicted octanol–water partition coefficient (Wildman–Crippen LogP) is 3.46. The zero-order chi connectivity index (χ0) is 15.0. The van der Waals surface area contributed by atoms with Gasteiger partial charge in [-0.05, 0) is 25.7 Å². The van der Waals surface area contributed by atoms with Crippen LogP contribution in [0.2, 0.25) is 0 Å². The summed E-state index contributed by atoms with van der Waals surface area (Å²) in [7, 11) is 0. The third-order valence-electron chi connectivity index (χ3n) is 3.33. The first-order valence-electron chi connectivity index (χ1n) is 7.56. The zero-order valence-electron chi connectivity index (χ0n) is 13.1. The molecule has 0 saturated heterocycles. The summed E-state index contributed by atoms with van der Waals surface area (Å²) in [4.78, 5) is 11.3. The van der Waals surface area contributed by atoms with Gasteiger partial charge in [0.1, 0.15) is 6.61 Å². The average Bonchev–Trinajstić information content (AvgIpc) is 2.42. The highest BCUT2D eigenvalue weighted by atomic mass is 16.7. The minimum Gasteiger partial charge on any atom is -0.460 e. The molecule has 4 nitrogen and oxygen atoms in total. The van der Waals surface area contributed by atoms with Gasteiger partial charge in [0.15, 0.2) is 5.79 Å². The monoisotopic (exact) mass is 284 g/mol. The molecular weight excluding hydrogens is 256 g/mol. The highest BCUT2D eigenvalue weighted by molar-refractivity contribution is 5.86. The van der Waals surface area contributed by atoms with Gasteiger partial charge in [0.2, 0.25) is 0 Å². The Morgan fingerprint density at radius 3 is 2.35 bits per heavy atom. The Morgan fingerprint density at radius 1 is 1.15 bits per heavy atom. The molecule has 0 radical (unpaired) electrons. The molecule has 116 valence electrons. The van der Waals surface area contributed by atoms with Gasteiger partial charge in [-0.2, -0.15) is 0 Å². The average molecular weight is 284 g/mol. The minimum absolute atomic E-state index is 0.248. The molecule has 1 aliphatic rings. The van der Waals surface area contributed by atoms with Gasteiger partial charge in [-0.1, -0.05) is 26.8 Å². The molecule has 0 aromatic heterocycles. The molecular formula is C16H28O4. The van der Waals surface area contributed by atoms with Crippen molar-refractivity contribution < 1.29 is 19.0 Å². The van der Waals surface area contributed by atoms with Crippen LogP contribution >= 0.6 is 0 Å². The van der Waals surface area contributed by atoms with Gasteiger partial charge in [0.25, 0.3) is 0 Å². The van der Waals surface area contributed by atoms with Crippen LogP contribution < -0.4 is 0 Å². The van der Waals surface area contributed by atoms with Gasteiger partial charge in [0, 0.05) is 18.4 Å². The highest BCUT2D eigenvalue weighted by Gasteiger charge is 2.34. The molecule has 0 aromatic rings. The van der Waals surface area contributed by atoms with E-state index in [1.54, 1.807) is 6.92 Å². The van der Waals surface area contributed by atoms with Crippen molar-refractivity contribution in [1.82, 2.24) is 0 Å². The van der Waals surface area contributed by atoms with Crippen LogP contribution in [0.25, 0.3) is 0 Å². The maximum Gasteiger partial charge on any atom is 0.333 e. The fourth-order valence-electron chi connectivity index (χ4n) is 2.22. The van der Waals surface area contributed by atoms with Gasteiger partial charge in [-0.15, -0.1) is 0 Å². The Hall–Kier alpha value is -0.870. The SMILES string of the molecule is C=C(C)C(=O)OCCOC1(OCC(C)C)CCCCC1. The number of carbonyl (C=O) groups excluding carboxylic acids is 1. The maximum atomic E-state index is 11.3. The van der Waals surface area contributed by atoms with Gasteiger partial charge in [-0.25, -0.2) is 4.79 Å². The quantitative estimate of drug-likeness (QED) is 0.296. The molecule has 0 spiro atoms. The second kappa shape index (κ2) is 8.42. The second-order valence-electron chi connectivity index (χ2n) is 5.94. The van der Waals surface area contributed by atoms with Crippen LogP contribution in [-0.4, -0.2) is 31.6 Å². The molecule has 4 heteroatoms. The summed E-state index contributed by atoms with van der Waals surface area (Å²) in [5.74, 6) is -0.356. The van der Waals surface area contributed by atoms with Gasteiger partial charge in [-0.3, -0.25) is 0 Å². The lowest BCUT2D eigenvalue weighted by molar-refractivity contribution is -0.259. The van der Waals surface area contributed by atoms with Crippen LogP contribution in [0.4, 0.5) is 0 Å². The van der Waals surface area contributed by atoms with Crippen molar-refractivity contribution in [3.8, 4) is 0 Å². The van der Waals surface area contributed by atoms with E-state index in [1.165, 1.54) is 6.42 Å². The summed E-state index contributed by atoms with van der Waals surface area (Å²) in [6, 6.07) is 0. The van der Waals surface area contributed by atoms with E-state index < -0.39 is 5.79 Å². The van der Waals surface area contributed by atoms with Crippen LogP contribution in [-0.2, 0) is 19.0 Å². The summed E-state index contributed by atoms with van der Waals surface area (Å²) < 4.78 is 17.0. The van der Waals surface area contributed by atoms with E-state index in [2.05, 4.69) is 20.4 Å². The van der Waals surface area contributed by atoms with Crippen molar-refractivity contribution in [2.45, 2.75) is 58.7 Å². The van der Waals surface area contributed by atoms with Crippen LogP contribution in [0.15, 0.2) is 12.2 Å². The smallest absolute Gasteiger partial charge is 0.333 e. The van der Waals surface area contributed by atoms with E-state index in [1.807, 2.05) is 0 Å². The summed E-state index contributed by atoms with van der Waals surface area (Å²) in [5.41, 5.74) is 0.411. The number of carbonyl (C=O) groups is 1. The van der Waals surface area contributed by atoms with Gasteiger partial charge < -0.3 is 14.2 Å². The first-order valence-corrected chi connectivity index (χ1v) is 7.56. The molecule has 0 N–H and O–H groups in total. The Labute approximate surface area is 122 Å². The molecule has 1 saturated carbocycles. The van der Waals surface area contributed by atoms with E-state index in [0.717, 1.165) is 25.7 Å². The number of esters is 1. The van der Waals surface area contributed by atoms with Crippen molar-refractivity contribution in [1.29, 1.82) is 0 Å². The maximum absolute atomic E-state index is 11.3. The van der Waals surface area contributed by atoms with E-state index >= 15 is 0 Å². The normalized spacial score (nSPS) is 18.0. The van der Waals surface area contributed by atoms with E-state index in [-0.39, 0.29) is 12.6 Å². The fourth-order valence-corrected chi connectivity index (χ4v) is 2.22. The third-order valence-corrected chi connectivity index (χ3v) is 3.33. The summed E-state index contributed by atoms with van der Waals surface area (Å²) in [6.45, 7) is 10.8. The van der Waals surface area contributed by atoms with Crippen LogP contribution in [0, 0.1) is 5.92 Å². The first-order chi connectivity index (χ1) is 9.45. The van der Waals surface area contributed by atoms with Crippen molar-refractivity contribution in [3.05, 3.63) is 12.2 Å². The number of hydrogen-bond acceptors (Lipinski definition) is 4. The van der Waals surface area contributed by atoms with Crippen molar-refractivity contribution in [2.24, 2.45) is 5.92 Å². The predicted molar refractivity (Wildman–Crippen MR) is 78.3 cm³/mol. The number of hydrogen-bond donors (Lipinski definition) is 0. The molecule has 0 atom stereocenters. The number of rotatable bonds is 8. The summed E-state index contributed by atoms with van der Waals surface area (Å²) >= 11 is 0. The Balaban J connectivity index is 2.36. The Kier molecular flexibility index (Phi) is 7.24. The molecule has 1 fully saturated rings. The largest absolute Gasteiger partial charge is 0.460 e. The standard InChI is InChI=1S/C16H28O4/c1-13(2)12-20-16(8-6-5-7-9-16)19-11-10-18-15(17)14(3)4/h13H,3,5-12H2,1-2,4H3. The lowest BCUT2D eigenvalue weighted by Crippen LogP contribution is -2.40. The molecule has 0 bridgehead atoms. The molecule has 20 heavy (non-hydrogen) atoms. The molecule has 0 heterocycles. The molecule has 0 aromatic carbocycles.